The molecule has 1 heterocycles. The second-order valence-corrected chi connectivity index (χ2v) is 10.9. The summed E-state index contributed by atoms with van der Waals surface area (Å²) in [6, 6.07) is 12.0. The molecule has 0 spiro atoms. The summed E-state index contributed by atoms with van der Waals surface area (Å²) in [6.45, 7) is 2.26. The SMILES string of the molecule is CC12Cc3cnn(-c4ccc(F)cc4)c3C=C1CCC1C2=CCC(C(F)(F)F)C1CNc1cccc(F)c1. The molecular weight excluding hydrogens is 497 g/mol. The van der Waals surface area contributed by atoms with E-state index in [1.807, 2.05) is 12.3 Å². The number of alkyl halides is 3. The summed E-state index contributed by atoms with van der Waals surface area (Å²) in [5, 5.41) is 7.66. The first-order valence-electron chi connectivity index (χ1n) is 12.9. The molecule has 3 aromatic rings. The first-order chi connectivity index (χ1) is 18.1. The van der Waals surface area contributed by atoms with Crippen LogP contribution in [0, 0.1) is 34.8 Å². The predicted octanol–water partition coefficient (Wildman–Crippen LogP) is 7.74. The number of rotatable bonds is 4. The molecule has 3 aliphatic rings. The highest BCUT2D eigenvalue weighted by atomic mass is 19.4. The van der Waals surface area contributed by atoms with E-state index in [2.05, 4.69) is 23.4 Å². The van der Waals surface area contributed by atoms with E-state index in [0.717, 1.165) is 22.5 Å². The average Bonchev–Trinajstić information content (AvgIpc) is 3.27. The van der Waals surface area contributed by atoms with Gasteiger partial charge in [-0.05, 0) is 91.6 Å². The van der Waals surface area contributed by atoms with E-state index in [0.29, 0.717) is 24.9 Å². The third-order valence-electron chi connectivity index (χ3n) is 8.69. The fourth-order valence-corrected chi connectivity index (χ4v) is 6.83. The standard InChI is InChI=1S/C30H28F5N3/c1-29-15-18-16-37-38(23-8-6-20(31)7-9-23)28(18)13-19(29)5-10-24-25(17-36-22-4-2-3-21(32)14-22)27(30(33,34)35)12-11-26(24)29/h2-4,6-9,11,13-14,16,24-25,27,36H,5,10,12,15,17H2,1H3. The van der Waals surface area contributed by atoms with Gasteiger partial charge in [0.25, 0.3) is 0 Å². The Labute approximate surface area is 218 Å². The van der Waals surface area contributed by atoms with Crippen LogP contribution in [0.2, 0.25) is 0 Å². The molecule has 3 aliphatic carbocycles. The monoisotopic (exact) mass is 525 g/mol. The molecule has 4 atom stereocenters. The molecule has 0 amide bonds. The molecule has 0 saturated heterocycles. The van der Waals surface area contributed by atoms with E-state index in [-0.39, 0.29) is 30.1 Å². The van der Waals surface area contributed by atoms with Crippen LogP contribution in [0.4, 0.5) is 27.6 Å². The number of halogens is 5. The maximum Gasteiger partial charge on any atom is 0.392 e. The quantitative estimate of drug-likeness (QED) is 0.279. The fourth-order valence-electron chi connectivity index (χ4n) is 6.83. The van der Waals surface area contributed by atoms with Crippen LogP contribution in [-0.4, -0.2) is 22.5 Å². The highest BCUT2D eigenvalue weighted by Crippen LogP contribution is 2.58. The zero-order chi connectivity index (χ0) is 26.7. The third-order valence-corrected chi connectivity index (χ3v) is 8.69. The molecule has 1 aromatic heterocycles. The summed E-state index contributed by atoms with van der Waals surface area (Å²) in [6.07, 6.45) is 3.36. The van der Waals surface area contributed by atoms with Gasteiger partial charge in [0.15, 0.2) is 0 Å². The Kier molecular flexibility index (Phi) is 5.96. The fraction of sp³-hybridized carbons (Fsp3) is 0.367. The summed E-state index contributed by atoms with van der Waals surface area (Å²) >= 11 is 0. The normalized spacial score (nSPS) is 26.5. The minimum atomic E-state index is -4.32. The molecule has 8 heteroatoms. The molecule has 1 saturated carbocycles. The molecular formula is C30H28F5N3. The molecule has 38 heavy (non-hydrogen) atoms. The number of hydrogen-bond acceptors (Lipinski definition) is 2. The number of benzene rings is 2. The topological polar surface area (TPSA) is 29.9 Å². The van der Waals surface area contributed by atoms with Crippen molar-refractivity contribution in [2.75, 3.05) is 11.9 Å². The Balaban J connectivity index is 1.32. The molecule has 1 N–H and O–H groups in total. The van der Waals surface area contributed by atoms with Gasteiger partial charge < -0.3 is 5.32 Å². The lowest BCUT2D eigenvalue weighted by Gasteiger charge is -2.51. The molecule has 0 bridgehead atoms. The van der Waals surface area contributed by atoms with Crippen molar-refractivity contribution in [1.82, 2.24) is 9.78 Å². The van der Waals surface area contributed by atoms with Crippen molar-refractivity contribution >= 4 is 11.8 Å². The van der Waals surface area contributed by atoms with E-state index in [4.69, 9.17) is 0 Å². The molecule has 198 valence electrons. The van der Waals surface area contributed by atoms with Gasteiger partial charge in [0.1, 0.15) is 11.6 Å². The predicted molar refractivity (Wildman–Crippen MR) is 137 cm³/mol. The maximum absolute atomic E-state index is 14.2. The van der Waals surface area contributed by atoms with Gasteiger partial charge in [-0.2, -0.15) is 18.3 Å². The van der Waals surface area contributed by atoms with Gasteiger partial charge in [0.2, 0.25) is 0 Å². The number of nitrogens with one attached hydrogen (secondary N) is 1. The Morgan fingerprint density at radius 1 is 1.08 bits per heavy atom. The molecule has 2 aromatic carbocycles. The number of allylic oxidation sites excluding steroid dienone is 3. The smallest absolute Gasteiger partial charge is 0.385 e. The minimum Gasteiger partial charge on any atom is -0.385 e. The third kappa shape index (κ3) is 4.24. The highest BCUT2D eigenvalue weighted by Gasteiger charge is 2.54. The number of hydrogen-bond donors (Lipinski definition) is 1. The van der Waals surface area contributed by atoms with Crippen LogP contribution in [0.25, 0.3) is 11.8 Å². The summed E-state index contributed by atoms with van der Waals surface area (Å²) in [7, 11) is 0. The first-order valence-corrected chi connectivity index (χ1v) is 12.9. The first kappa shape index (κ1) is 24.9. The lowest BCUT2D eigenvalue weighted by molar-refractivity contribution is -0.193. The van der Waals surface area contributed by atoms with Crippen molar-refractivity contribution in [3.8, 4) is 5.69 Å². The van der Waals surface area contributed by atoms with Gasteiger partial charge in [-0.3, -0.25) is 0 Å². The van der Waals surface area contributed by atoms with Gasteiger partial charge >= 0.3 is 6.18 Å². The average molecular weight is 526 g/mol. The maximum atomic E-state index is 14.2. The molecule has 6 rings (SSSR count). The number of aromatic nitrogens is 2. The van der Waals surface area contributed by atoms with E-state index < -0.39 is 23.8 Å². The van der Waals surface area contributed by atoms with Crippen LogP contribution in [0.15, 0.2) is 72.0 Å². The Bertz CT molecular complexity index is 1420. The van der Waals surface area contributed by atoms with E-state index in [1.54, 1.807) is 28.9 Å². The Morgan fingerprint density at radius 2 is 1.87 bits per heavy atom. The summed E-state index contributed by atoms with van der Waals surface area (Å²) in [4.78, 5) is 0. The Morgan fingerprint density at radius 3 is 2.61 bits per heavy atom. The number of nitrogens with zero attached hydrogens (tertiary/aromatic N) is 2. The van der Waals surface area contributed by atoms with E-state index >= 15 is 0 Å². The zero-order valence-corrected chi connectivity index (χ0v) is 20.9. The molecule has 0 radical (unpaired) electrons. The van der Waals surface area contributed by atoms with Crippen molar-refractivity contribution in [1.29, 1.82) is 0 Å². The van der Waals surface area contributed by atoms with Gasteiger partial charge in [-0.1, -0.05) is 30.2 Å². The van der Waals surface area contributed by atoms with Crippen LogP contribution in [0.3, 0.4) is 0 Å². The van der Waals surface area contributed by atoms with Gasteiger partial charge in [0.05, 0.1) is 23.5 Å². The largest absolute Gasteiger partial charge is 0.392 e. The van der Waals surface area contributed by atoms with Crippen molar-refractivity contribution in [3.63, 3.8) is 0 Å². The van der Waals surface area contributed by atoms with E-state index in [9.17, 15) is 22.0 Å². The lowest BCUT2D eigenvalue weighted by Crippen LogP contribution is -2.47. The number of fused-ring (bicyclic) bond motifs is 4. The summed E-state index contributed by atoms with van der Waals surface area (Å²) in [5.74, 6) is -3.08. The molecule has 0 aliphatic heterocycles. The second-order valence-electron chi connectivity index (χ2n) is 10.9. The van der Waals surface area contributed by atoms with Crippen LogP contribution >= 0.6 is 0 Å². The van der Waals surface area contributed by atoms with Crippen LogP contribution < -0.4 is 5.32 Å². The lowest BCUT2D eigenvalue weighted by atomic mass is 9.54. The molecule has 4 unspecified atom stereocenters. The van der Waals surface area contributed by atoms with Crippen LogP contribution in [0.5, 0.6) is 0 Å². The summed E-state index contributed by atoms with van der Waals surface area (Å²) < 4.78 is 71.5. The minimum absolute atomic E-state index is 0.0601. The van der Waals surface area contributed by atoms with E-state index in [1.165, 1.54) is 29.8 Å². The van der Waals surface area contributed by atoms with Crippen molar-refractivity contribution in [2.45, 2.75) is 38.8 Å². The highest BCUT2D eigenvalue weighted by molar-refractivity contribution is 5.63. The van der Waals surface area contributed by atoms with Gasteiger partial charge in [0, 0.05) is 17.6 Å². The molecule has 3 nitrogen and oxygen atoms in total. The second kappa shape index (κ2) is 9.10. The van der Waals surface area contributed by atoms with Crippen molar-refractivity contribution < 1.29 is 22.0 Å². The van der Waals surface area contributed by atoms with Crippen molar-refractivity contribution in [2.24, 2.45) is 23.2 Å². The molecule has 1 fully saturated rings. The van der Waals surface area contributed by atoms with Gasteiger partial charge in [-0.25, -0.2) is 13.5 Å². The summed E-state index contributed by atoms with van der Waals surface area (Å²) in [5.41, 5.74) is 5.09. The number of anilines is 1. The van der Waals surface area contributed by atoms with Crippen LogP contribution in [-0.2, 0) is 6.42 Å². The Hall–Kier alpha value is -3.42. The zero-order valence-electron chi connectivity index (χ0n) is 20.9. The van der Waals surface area contributed by atoms with Crippen LogP contribution in [0.1, 0.15) is 37.4 Å². The van der Waals surface area contributed by atoms with Crippen molar-refractivity contribution in [3.05, 3.63) is 94.8 Å². The van der Waals surface area contributed by atoms with Gasteiger partial charge in [-0.15, -0.1) is 0 Å².